The molecule has 0 spiro atoms. The van der Waals surface area contributed by atoms with Gasteiger partial charge in [-0.1, -0.05) is 42.4 Å². The first-order valence-electron chi connectivity index (χ1n) is 8.53. The number of nitrogens with zero attached hydrogens (tertiary/aromatic N) is 2. The molecule has 120 valence electrons. The van der Waals surface area contributed by atoms with Crippen molar-refractivity contribution in [3.8, 4) is 0 Å². The van der Waals surface area contributed by atoms with Gasteiger partial charge in [0.15, 0.2) is 5.69 Å². The summed E-state index contributed by atoms with van der Waals surface area (Å²) in [5.41, 5.74) is 1.85. The molecule has 2 fully saturated rings. The van der Waals surface area contributed by atoms with Gasteiger partial charge in [-0.25, -0.2) is 0 Å². The molecule has 1 amide bonds. The van der Waals surface area contributed by atoms with Gasteiger partial charge in [0.1, 0.15) is 5.76 Å². The molecule has 0 bridgehead atoms. The first-order valence-corrected chi connectivity index (χ1v) is 8.53. The van der Waals surface area contributed by atoms with Crippen LogP contribution in [0.25, 0.3) is 0 Å². The van der Waals surface area contributed by atoms with Crippen LogP contribution in [0.15, 0.2) is 40.9 Å². The van der Waals surface area contributed by atoms with Crippen molar-refractivity contribution in [2.45, 2.75) is 38.0 Å². The molecule has 4 nitrogen and oxygen atoms in total. The SMILES string of the molecule is C[C@@H]1CN(C(=O)c2cc(C3CC3)on2)CC[C@@H]1c1ccccc1. The van der Waals surface area contributed by atoms with Gasteiger partial charge >= 0.3 is 0 Å². The molecule has 2 atom stereocenters. The van der Waals surface area contributed by atoms with Crippen LogP contribution in [-0.2, 0) is 0 Å². The Labute approximate surface area is 136 Å². The summed E-state index contributed by atoms with van der Waals surface area (Å²) < 4.78 is 5.32. The highest BCUT2D eigenvalue weighted by atomic mass is 16.5. The Morgan fingerprint density at radius 2 is 2.00 bits per heavy atom. The fourth-order valence-electron chi connectivity index (χ4n) is 3.64. The Morgan fingerprint density at radius 1 is 1.22 bits per heavy atom. The minimum Gasteiger partial charge on any atom is -0.360 e. The molecule has 1 aliphatic carbocycles. The van der Waals surface area contributed by atoms with E-state index in [9.17, 15) is 4.79 Å². The maximum Gasteiger partial charge on any atom is 0.276 e. The number of likely N-dealkylation sites (tertiary alicyclic amines) is 1. The van der Waals surface area contributed by atoms with Gasteiger partial charge in [0.2, 0.25) is 0 Å². The number of carbonyl (C=O) groups is 1. The van der Waals surface area contributed by atoms with E-state index in [-0.39, 0.29) is 5.91 Å². The molecule has 2 heterocycles. The van der Waals surface area contributed by atoms with Crippen LogP contribution in [0.1, 0.15) is 59.8 Å². The van der Waals surface area contributed by atoms with E-state index in [2.05, 4.69) is 42.4 Å². The Hall–Kier alpha value is -2.10. The molecule has 0 unspecified atom stereocenters. The number of piperidine rings is 1. The van der Waals surface area contributed by atoms with E-state index in [1.807, 2.05) is 11.0 Å². The maximum absolute atomic E-state index is 12.6. The van der Waals surface area contributed by atoms with Crippen LogP contribution in [-0.4, -0.2) is 29.1 Å². The highest BCUT2D eigenvalue weighted by Gasteiger charge is 2.33. The normalized spacial score (nSPS) is 24.7. The first-order chi connectivity index (χ1) is 11.2. The standard InChI is InChI=1S/C19H22N2O2/c1-13-12-21(10-9-16(13)14-5-3-2-4-6-14)19(22)17-11-18(23-20-17)15-7-8-15/h2-6,11,13,15-16H,7-10,12H2,1H3/t13-,16+/m1/s1. The number of carbonyl (C=O) groups excluding carboxylic acids is 1. The predicted octanol–water partition coefficient (Wildman–Crippen LogP) is 3.82. The summed E-state index contributed by atoms with van der Waals surface area (Å²) in [5, 5.41) is 3.99. The van der Waals surface area contributed by atoms with Gasteiger partial charge in [-0.2, -0.15) is 0 Å². The lowest BCUT2D eigenvalue weighted by Gasteiger charge is -2.36. The Balaban J connectivity index is 1.44. The number of hydrogen-bond donors (Lipinski definition) is 0. The van der Waals surface area contributed by atoms with E-state index in [0.717, 1.165) is 38.1 Å². The molecule has 23 heavy (non-hydrogen) atoms. The number of rotatable bonds is 3. The van der Waals surface area contributed by atoms with Crippen LogP contribution in [0.3, 0.4) is 0 Å². The molecule has 1 aliphatic heterocycles. The molecule has 1 saturated carbocycles. The van der Waals surface area contributed by atoms with E-state index in [4.69, 9.17) is 4.52 Å². The first kappa shape index (κ1) is 14.5. The smallest absolute Gasteiger partial charge is 0.276 e. The summed E-state index contributed by atoms with van der Waals surface area (Å²) in [5.74, 6) is 2.36. The van der Waals surface area contributed by atoms with Crippen molar-refractivity contribution in [3.63, 3.8) is 0 Å². The molecule has 4 rings (SSSR count). The predicted molar refractivity (Wildman–Crippen MR) is 87.3 cm³/mol. The van der Waals surface area contributed by atoms with Crippen molar-refractivity contribution in [1.82, 2.24) is 10.1 Å². The third kappa shape index (κ3) is 2.90. The van der Waals surface area contributed by atoms with Crippen molar-refractivity contribution in [1.29, 1.82) is 0 Å². The quantitative estimate of drug-likeness (QED) is 0.866. The summed E-state index contributed by atoms with van der Waals surface area (Å²) in [6.45, 7) is 3.80. The van der Waals surface area contributed by atoms with Crippen molar-refractivity contribution < 1.29 is 9.32 Å². The van der Waals surface area contributed by atoms with Gasteiger partial charge in [0, 0.05) is 25.1 Å². The third-order valence-corrected chi connectivity index (χ3v) is 5.15. The topological polar surface area (TPSA) is 46.3 Å². The molecule has 1 aromatic heterocycles. The van der Waals surface area contributed by atoms with E-state index in [0.29, 0.717) is 23.4 Å². The zero-order valence-corrected chi connectivity index (χ0v) is 13.4. The molecular formula is C19H22N2O2. The van der Waals surface area contributed by atoms with Gasteiger partial charge in [0.25, 0.3) is 5.91 Å². The molecule has 2 aromatic rings. The molecule has 1 saturated heterocycles. The maximum atomic E-state index is 12.6. The molecule has 0 N–H and O–H groups in total. The van der Waals surface area contributed by atoms with Crippen molar-refractivity contribution >= 4 is 5.91 Å². The summed E-state index contributed by atoms with van der Waals surface area (Å²) in [4.78, 5) is 14.6. The lowest BCUT2D eigenvalue weighted by molar-refractivity contribution is 0.0650. The van der Waals surface area contributed by atoms with Crippen molar-refractivity contribution in [2.24, 2.45) is 5.92 Å². The molecular weight excluding hydrogens is 288 g/mol. The zero-order valence-electron chi connectivity index (χ0n) is 13.4. The highest BCUT2D eigenvalue weighted by molar-refractivity contribution is 5.92. The zero-order chi connectivity index (χ0) is 15.8. The highest BCUT2D eigenvalue weighted by Crippen LogP contribution is 2.40. The van der Waals surface area contributed by atoms with Gasteiger partial charge in [-0.15, -0.1) is 0 Å². The van der Waals surface area contributed by atoms with Gasteiger partial charge in [0.05, 0.1) is 0 Å². The van der Waals surface area contributed by atoms with Gasteiger partial charge in [-0.3, -0.25) is 4.79 Å². The lowest BCUT2D eigenvalue weighted by Crippen LogP contribution is -2.42. The number of hydrogen-bond acceptors (Lipinski definition) is 3. The Morgan fingerprint density at radius 3 is 2.70 bits per heavy atom. The Bertz CT molecular complexity index is 690. The minimum atomic E-state index is 0.0130. The van der Waals surface area contributed by atoms with Crippen molar-refractivity contribution in [2.75, 3.05) is 13.1 Å². The number of aromatic nitrogens is 1. The van der Waals surface area contributed by atoms with Crippen LogP contribution < -0.4 is 0 Å². The summed E-state index contributed by atoms with van der Waals surface area (Å²) in [6.07, 6.45) is 3.31. The summed E-state index contributed by atoms with van der Waals surface area (Å²) in [6, 6.07) is 12.5. The lowest BCUT2D eigenvalue weighted by atomic mass is 9.81. The van der Waals surface area contributed by atoms with E-state index in [1.165, 1.54) is 5.56 Å². The molecule has 4 heteroatoms. The molecule has 2 aliphatic rings. The number of benzene rings is 1. The van der Waals surface area contributed by atoms with Crippen molar-refractivity contribution in [3.05, 3.63) is 53.4 Å². The largest absolute Gasteiger partial charge is 0.360 e. The average Bonchev–Trinajstić information content (AvgIpc) is 3.32. The van der Waals surface area contributed by atoms with Crippen LogP contribution >= 0.6 is 0 Å². The Kier molecular flexibility index (Phi) is 3.68. The minimum absolute atomic E-state index is 0.0130. The van der Waals surface area contributed by atoms with E-state index >= 15 is 0 Å². The molecule has 1 aromatic carbocycles. The van der Waals surface area contributed by atoms with Gasteiger partial charge in [-0.05, 0) is 36.7 Å². The number of amides is 1. The second kappa shape index (κ2) is 5.84. The second-order valence-corrected chi connectivity index (χ2v) is 6.92. The second-order valence-electron chi connectivity index (χ2n) is 6.92. The van der Waals surface area contributed by atoms with Crippen LogP contribution in [0.2, 0.25) is 0 Å². The summed E-state index contributed by atoms with van der Waals surface area (Å²) in [7, 11) is 0. The summed E-state index contributed by atoms with van der Waals surface area (Å²) >= 11 is 0. The van der Waals surface area contributed by atoms with E-state index in [1.54, 1.807) is 0 Å². The van der Waals surface area contributed by atoms with Gasteiger partial charge < -0.3 is 9.42 Å². The molecule has 0 radical (unpaired) electrons. The fourth-order valence-corrected chi connectivity index (χ4v) is 3.64. The monoisotopic (exact) mass is 310 g/mol. The van der Waals surface area contributed by atoms with Crippen LogP contribution in [0.4, 0.5) is 0 Å². The van der Waals surface area contributed by atoms with Crippen LogP contribution in [0, 0.1) is 5.92 Å². The average molecular weight is 310 g/mol. The third-order valence-electron chi connectivity index (χ3n) is 5.15. The van der Waals surface area contributed by atoms with Crippen LogP contribution in [0.5, 0.6) is 0 Å². The van der Waals surface area contributed by atoms with E-state index < -0.39 is 0 Å². The fraction of sp³-hybridized carbons (Fsp3) is 0.474.